The molecule has 1 aromatic carbocycles. The van der Waals surface area contributed by atoms with Crippen LogP contribution in [0.4, 0.5) is 0 Å². The Labute approximate surface area is 86.2 Å². The number of Topliss-reactive ketones (excluding diaryl/α,β-unsaturated/α-hetero) is 1. The Kier molecular flexibility index (Phi) is 3.17. The van der Waals surface area contributed by atoms with Crippen LogP contribution in [-0.4, -0.2) is 12.1 Å². The van der Waals surface area contributed by atoms with Crippen LogP contribution >= 0.6 is 31.9 Å². The Morgan fingerprint density at radius 3 is 2.58 bits per heavy atom. The quantitative estimate of drug-likeness (QED) is 0.477. The summed E-state index contributed by atoms with van der Waals surface area (Å²) in [5.74, 6) is -0.525. The molecule has 0 spiro atoms. The van der Waals surface area contributed by atoms with Crippen LogP contribution in [0.5, 0.6) is 0 Å². The van der Waals surface area contributed by atoms with E-state index in [1.54, 1.807) is 18.2 Å². The molecular weight excluding hydrogens is 288 g/mol. The van der Waals surface area contributed by atoms with Crippen molar-refractivity contribution in [3.8, 4) is 0 Å². The lowest BCUT2D eigenvalue weighted by molar-refractivity contribution is -0.104. The Morgan fingerprint density at radius 1 is 1.33 bits per heavy atom. The third kappa shape index (κ3) is 2.01. The molecule has 0 unspecified atom stereocenters. The van der Waals surface area contributed by atoms with Crippen molar-refractivity contribution in [3.63, 3.8) is 0 Å². The van der Waals surface area contributed by atoms with Gasteiger partial charge in [-0.3, -0.25) is 9.59 Å². The van der Waals surface area contributed by atoms with Crippen molar-refractivity contribution in [2.75, 3.05) is 0 Å². The van der Waals surface area contributed by atoms with Gasteiger partial charge in [-0.1, -0.05) is 31.9 Å². The number of halogens is 2. The smallest absolute Gasteiger partial charge is 0.226 e. The van der Waals surface area contributed by atoms with Crippen molar-refractivity contribution in [1.29, 1.82) is 0 Å². The van der Waals surface area contributed by atoms with Crippen LogP contribution in [0.3, 0.4) is 0 Å². The highest BCUT2D eigenvalue weighted by Crippen LogP contribution is 2.21. The molecule has 0 saturated carbocycles. The van der Waals surface area contributed by atoms with E-state index in [1.165, 1.54) is 0 Å². The lowest BCUT2D eigenvalue weighted by atomic mass is 10.1. The van der Waals surface area contributed by atoms with E-state index < -0.39 is 5.78 Å². The minimum absolute atomic E-state index is 0.298. The van der Waals surface area contributed by atoms with Crippen LogP contribution in [0, 0.1) is 0 Å². The number of carbonyl (C=O) groups excluding carboxylic acids is 2. The van der Waals surface area contributed by atoms with Gasteiger partial charge in [-0.2, -0.15) is 0 Å². The fourth-order valence-electron chi connectivity index (χ4n) is 0.750. The number of carbonyl (C=O) groups is 2. The zero-order chi connectivity index (χ0) is 9.14. The van der Waals surface area contributed by atoms with Crippen LogP contribution in [0.2, 0.25) is 0 Å². The van der Waals surface area contributed by atoms with Gasteiger partial charge in [0, 0.05) is 14.5 Å². The lowest BCUT2D eigenvalue weighted by Crippen LogP contribution is -2.00. The van der Waals surface area contributed by atoms with E-state index >= 15 is 0 Å². The molecule has 0 aliphatic heterocycles. The van der Waals surface area contributed by atoms with Gasteiger partial charge in [0.1, 0.15) is 0 Å². The monoisotopic (exact) mass is 290 g/mol. The van der Waals surface area contributed by atoms with Gasteiger partial charge in [-0.05, 0) is 18.2 Å². The molecule has 0 aliphatic carbocycles. The Morgan fingerprint density at radius 2 is 2.00 bits per heavy atom. The van der Waals surface area contributed by atoms with Crippen molar-refractivity contribution in [2.24, 2.45) is 0 Å². The number of hydrogen-bond acceptors (Lipinski definition) is 2. The Balaban J connectivity index is 3.22. The summed E-state index contributed by atoms with van der Waals surface area (Å²) in [7, 11) is 0. The van der Waals surface area contributed by atoms with E-state index in [0.29, 0.717) is 16.3 Å². The lowest BCUT2D eigenvalue weighted by Gasteiger charge is -1.98. The molecule has 4 heteroatoms. The van der Waals surface area contributed by atoms with E-state index in [4.69, 9.17) is 0 Å². The molecule has 0 aliphatic rings. The molecule has 0 heterocycles. The van der Waals surface area contributed by atoms with E-state index in [2.05, 4.69) is 31.9 Å². The molecular formula is C8H4Br2O2. The number of aldehydes is 1. The summed E-state index contributed by atoms with van der Waals surface area (Å²) >= 11 is 6.38. The van der Waals surface area contributed by atoms with Crippen molar-refractivity contribution in [1.82, 2.24) is 0 Å². The van der Waals surface area contributed by atoms with Crippen molar-refractivity contribution in [3.05, 3.63) is 32.7 Å². The van der Waals surface area contributed by atoms with E-state index in [9.17, 15) is 9.59 Å². The molecule has 12 heavy (non-hydrogen) atoms. The van der Waals surface area contributed by atoms with Gasteiger partial charge in [0.05, 0.1) is 0 Å². The molecule has 0 N–H and O–H groups in total. The average molecular weight is 292 g/mol. The van der Waals surface area contributed by atoms with Crippen molar-refractivity contribution < 1.29 is 9.59 Å². The van der Waals surface area contributed by atoms with E-state index in [1.807, 2.05) is 0 Å². The summed E-state index contributed by atoms with van der Waals surface area (Å²) < 4.78 is 1.40. The Bertz CT molecular complexity index is 334. The number of ketones is 1. The van der Waals surface area contributed by atoms with Crippen LogP contribution in [0.15, 0.2) is 27.1 Å². The molecule has 0 amide bonds. The predicted molar refractivity (Wildman–Crippen MR) is 52.2 cm³/mol. The highest BCUT2D eigenvalue weighted by atomic mass is 79.9. The summed E-state index contributed by atoms with van der Waals surface area (Å²) in [6, 6.07) is 5.09. The molecule has 0 fully saturated rings. The fourth-order valence-corrected chi connectivity index (χ4v) is 1.55. The number of benzene rings is 1. The highest BCUT2D eigenvalue weighted by molar-refractivity contribution is 9.11. The normalized spacial score (nSPS) is 9.50. The first kappa shape index (κ1) is 9.61. The first-order valence-electron chi connectivity index (χ1n) is 3.09. The summed E-state index contributed by atoms with van der Waals surface area (Å²) in [6.07, 6.45) is 0.298. The van der Waals surface area contributed by atoms with Gasteiger partial charge in [-0.15, -0.1) is 0 Å². The molecule has 0 atom stereocenters. The van der Waals surface area contributed by atoms with Crippen LogP contribution in [0.25, 0.3) is 0 Å². The van der Waals surface area contributed by atoms with Gasteiger partial charge in [0.2, 0.25) is 5.78 Å². The molecule has 0 radical (unpaired) electrons. The summed E-state index contributed by atoms with van der Waals surface area (Å²) in [5.41, 5.74) is 0.374. The third-order valence-electron chi connectivity index (χ3n) is 1.30. The fraction of sp³-hybridized carbons (Fsp3) is 0. The first-order valence-corrected chi connectivity index (χ1v) is 4.68. The average Bonchev–Trinajstić information content (AvgIpc) is 2.08. The third-order valence-corrected chi connectivity index (χ3v) is 2.49. The zero-order valence-electron chi connectivity index (χ0n) is 5.88. The maximum absolute atomic E-state index is 11.0. The molecule has 1 rings (SSSR count). The van der Waals surface area contributed by atoms with Gasteiger partial charge in [0.15, 0.2) is 6.29 Å². The van der Waals surface area contributed by atoms with E-state index in [-0.39, 0.29) is 0 Å². The standard InChI is InChI=1S/C8H4Br2O2/c9-5-1-2-7(10)6(3-5)8(12)4-11/h1-4H. The second-order valence-corrected chi connectivity index (χ2v) is 3.88. The second-order valence-electron chi connectivity index (χ2n) is 2.11. The molecule has 62 valence electrons. The molecule has 0 bridgehead atoms. The summed E-state index contributed by atoms with van der Waals surface area (Å²) in [5, 5.41) is 0. The Hall–Kier alpha value is -0.480. The SMILES string of the molecule is O=CC(=O)c1cc(Br)ccc1Br. The number of hydrogen-bond donors (Lipinski definition) is 0. The topological polar surface area (TPSA) is 34.1 Å². The minimum atomic E-state index is -0.525. The predicted octanol–water partition coefficient (Wildman–Crippen LogP) is 2.59. The van der Waals surface area contributed by atoms with Crippen molar-refractivity contribution >= 4 is 43.9 Å². The van der Waals surface area contributed by atoms with Gasteiger partial charge in [0.25, 0.3) is 0 Å². The first-order chi connectivity index (χ1) is 5.65. The van der Waals surface area contributed by atoms with Crippen LogP contribution < -0.4 is 0 Å². The minimum Gasteiger partial charge on any atom is -0.294 e. The molecule has 0 saturated heterocycles. The van der Waals surface area contributed by atoms with Crippen LogP contribution in [0.1, 0.15) is 10.4 Å². The van der Waals surface area contributed by atoms with Gasteiger partial charge < -0.3 is 0 Å². The van der Waals surface area contributed by atoms with Crippen molar-refractivity contribution in [2.45, 2.75) is 0 Å². The maximum Gasteiger partial charge on any atom is 0.226 e. The molecule has 0 aromatic heterocycles. The summed E-state index contributed by atoms with van der Waals surface area (Å²) in [6.45, 7) is 0. The summed E-state index contributed by atoms with van der Waals surface area (Å²) in [4.78, 5) is 21.2. The molecule has 1 aromatic rings. The van der Waals surface area contributed by atoms with E-state index in [0.717, 1.165) is 4.47 Å². The highest BCUT2D eigenvalue weighted by Gasteiger charge is 2.08. The second kappa shape index (κ2) is 3.96. The van der Waals surface area contributed by atoms with Crippen LogP contribution in [-0.2, 0) is 4.79 Å². The number of rotatable bonds is 2. The largest absolute Gasteiger partial charge is 0.294 e. The maximum atomic E-state index is 11.0. The zero-order valence-corrected chi connectivity index (χ0v) is 9.05. The van der Waals surface area contributed by atoms with Gasteiger partial charge in [-0.25, -0.2) is 0 Å². The molecule has 2 nitrogen and oxygen atoms in total. The van der Waals surface area contributed by atoms with Gasteiger partial charge >= 0.3 is 0 Å².